The Morgan fingerprint density at radius 1 is 1.26 bits per heavy atom. The maximum Gasteiger partial charge on any atom is 0.260 e. The Morgan fingerprint density at radius 2 is 2.00 bits per heavy atom. The minimum absolute atomic E-state index is 0.0404. The minimum atomic E-state index is -0.685. The number of nitrogens with two attached hydrogens (primary N) is 3. The molecule has 0 spiro atoms. The van der Waals surface area contributed by atoms with Crippen LogP contribution in [0.4, 0.5) is 10.7 Å². The van der Waals surface area contributed by atoms with E-state index in [2.05, 4.69) is 5.32 Å². The second kappa shape index (κ2) is 5.29. The number of nitrogen functional groups attached to an aromatic ring is 1. The summed E-state index contributed by atoms with van der Waals surface area (Å²) in [5, 5.41) is 5.47. The van der Waals surface area contributed by atoms with Crippen LogP contribution in [0, 0.1) is 0 Å². The first-order chi connectivity index (χ1) is 9.00. The van der Waals surface area contributed by atoms with Crippen molar-refractivity contribution in [3.63, 3.8) is 0 Å². The largest absolute Gasteiger partial charge is 0.397 e. The Morgan fingerprint density at radius 3 is 2.53 bits per heavy atom. The second-order valence-electron chi connectivity index (χ2n) is 3.71. The van der Waals surface area contributed by atoms with Crippen molar-refractivity contribution in [3.8, 4) is 0 Å². The van der Waals surface area contributed by atoms with Crippen LogP contribution in [0.2, 0.25) is 0 Å². The molecule has 0 unspecified atom stereocenters. The number of rotatable bonds is 5. The van der Waals surface area contributed by atoms with Crippen molar-refractivity contribution in [2.24, 2.45) is 11.5 Å². The quantitative estimate of drug-likeness (QED) is 0.661. The fourth-order valence-corrected chi connectivity index (χ4v) is 3.19. The van der Waals surface area contributed by atoms with Gasteiger partial charge in [0.25, 0.3) is 11.8 Å². The van der Waals surface area contributed by atoms with Crippen LogP contribution in [0.25, 0.3) is 0 Å². The van der Waals surface area contributed by atoms with E-state index in [1.54, 1.807) is 11.3 Å². The molecule has 2 aromatic rings. The van der Waals surface area contributed by atoms with Crippen molar-refractivity contribution in [1.29, 1.82) is 0 Å². The lowest BCUT2D eigenvalue weighted by Gasteiger charge is -2.04. The molecule has 0 aliphatic carbocycles. The van der Waals surface area contributed by atoms with Gasteiger partial charge in [0.15, 0.2) is 0 Å². The lowest BCUT2D eigenvalue weighted by Crippen LogP contribution is -2.16. The third-order valence-corrected chi connectivity index (χ3v) is 4.47. The Bertz CT molecular complexity index is 619. The van der Waals surface area contributed by atoms with Gasteiger partial charge in [0.2, 0.25) is 0 Å². The maximum absolute atomic E-state index is 11.4. The van der Waals surface area contributed by atoms with Crippen LogP contribution >= 0.6 is 22.7 Å². The van der Waals surface area contributed by atoms with Crippen LogP contribution in [-0.2, 0) is 6.54 Å². The number of anilines is 2. The molecule has 19 heavy (non-hydrogen) atoms. The third kappa shape index (κ3) is 2.69. The number of hydrogen-bond acceptors (Lipinski definition) is 6. The zero-order valence-electron chi connectivity index (χ0n) is 9.80. The van der Waals surface area contributed by atoms with E-state index in [1.165, 1.54) is 0 Å². The van der Waals surface area contributed by atoms with Gasteiger partial charge in [0.05, 0.1) is 17.8 Å². The first-order valence-electron chi connectivity index (χ1n) is 5.28. The highest BCUT2D eigenvalue weighted by atomic mass is 32.1. The summed E-state index contributed by atoms with van der Waals surface area (Å²) in [7, 11) is 0. The fraction of sp³-hybridized carbons (Fsp3) is 0.0909. The molecule has 100 valence electrons. The van der Waals surface area contributed by atoms with Gasteiger partial charge in [0, 0.05) is 4.88 Å². The molecule has 6 nitrogen and oxygen atoms in total. The molecule has 0 aliphatic rings. The molecule has 0 aliphatic heterocycles. The van der Waals surface area contributed by atoms with E-state index in [1.807, 2.05) is 17.5 Å². The molecule has 0 aromatic carbocycles. The summed E-state index contributed by atoms with van der Waals surface area (Å²) in [4.78, 5) is 23.8. The average molecular weight is 296 g/mol. The van der Waals surface area contributed by atoms with Crippen LogP contribution in [0.1, 0.15) is 24.9 Å². The zero-order chi connectivity index (χ0) is 14.0. The van der Waals surface area contributed by atoms with Gasteiger partial charge < -0.3 is 22.5 Å². The van der Waals surface area contributed by atoms with Gasteiger partial charge in [-0.1, -0.05) is 6.07 Å². The van der Waals surface area contributed by atoms with E-state index >= 15 is 0 Å². The topological polar surface area (TPSA) is 124 Å². The molecule has 7 N–H and O–H groups in total. The fourth-order valence-electron chi connectivity index (χ4n) is 1.58. The third-order valence-electron chi connectivity index (χ3n) is 2.42. The van der Waals surface area contributed by atoms with Gasteiger partial charge in [0.1, 0.15) is 9.88 Å². The van der Waals surface area contributed by atoms with Gasteiger partial charge in [-0.15, -0.1) is 22.7 Å². The predicted molar refractivity (Wildman–Crippen MR) is 77.4 cm³/mol. The first kappa shape index (κ1) is 13.4. The highest BCUT2D eigenvalue weighted by molar-refractivity contribution is 7.19. The summed E-state index contributed by atoms with van der Waals surface area (Å²) in [6.07, 6.45) is 0. The molecule has 0 saturated carbocycles. The standard InChI is InChI=1S/C11H12N4O2S2/c12-7-6(9(13)16)11(19-8(7)10(14)17)15-4-5-2-1-3-18-5/h1-3,15H,4,12H2,(H2,13,16)(H2,14,17). The highest BCUT2D eigenvalue weighted by Gasteiger charge is 2.22. The van der Waals surface area contributed by atoms with E-state index in [4.69, 9.17) is 17.2 Å². The number of nitrogens with one attached hydrogen (secondary N) is 1. The van der Waals surface area contributed by atoms with Gasteiger partial charge in [-0.25, -0.2) is 0 Å². The van der Waals surface area contributed by atoms with E-state index in [-0.39, 0.29) is 16.1 Å². The lowest BCUT2D eigenvalue weighted by molar-refractivity contribution is 0.0999. The van der Waals surface area contributed by atoms with Crippen molar-refractivity contribution < 1.29 is 9.59 Å². The van der Waals surface area contributed by atoms with E-state index in [0.29, 0.717) is 11.5 Å². The number of thiophene rings is 2. The van der Waals surface area contributed by atoms with Crippen LogP contribution in [-0.4, -0.2) is 11.8 Å². The molecule has 2 heterocycles. The molecular weight excluding hydrogens is 284 g/mol. The second-order valence-corrected chi connectivity index (χ2v) is 5.76. The van der Waals surface area contributed by atoms with Crippen molar-refractivity contribution in [3.05, 3.63) is 32.8 Å². The number of carbonyl (C=O) groups is 2. The molecule has 0 atom stereocenters. The number of amides is 2. The van der Waals surface area contributed by atoms with E-state index < -0.39 is 11.8 Å². The average Bonchev–Trinajstić information content (AvgIpc) is 2.93. The SMILES string of the molecule is NC(=O)c1sc(NCc2cccs2)c(C(N)=O)c1N. The molecule has 0 fully saturated rings. The Kier molecular flexibility index (Phi) is 3.72. The van der Waals surface area contributed by atoms with Crippen LogP contribution in [0.15, 0.2) is 17.5 Å². The zero-order valence-corrected chi connectivity index (χ0v) is 11.4. The summed E-state index contributed by atoms with van der Waals surface area (Å²) >= 11 is 2.61. The van der Waals surface area contributed by atoms with E-state index in [9.17, 15) is 9.59 Å². The Hall–Kier alpha value is -2.06. The molecule has 8 heteroatoms. The molecular formula is C11H12N4O2S2. The number of hydrogen-bond donors (Lipinski definition) is 4. The normalized spacial score (nSPS) is 10.3. The Balaban J connectivity index is 2.30. The summed E-state index contributed by atoms with van der Waals surface area (Å²) in [6.45, 7) is 0.524. The van der Waals surface area contributed by atoms with Crippen molar-refractivity contribution >= 4 is 45.2 Å². The van der Waals surface area contributed by atoms with Crippen LogP contribution in [0.5, 0.6) is 0 Å². The summed E-state index contributed by atoms with van der Waals surface area (Å²) in [5.74, 6) is -1.36. The number of primary amides is 2. The van der Waals surface area contributed by atoms with E-state index in [0.717, 1.165) is 16.2 Å². The van der Waals surface area contributed by atoms with Gasteiger partial charge in [-0.2, -0.15) is 0 Å². The lowest BCUT2D eigenvalue weighted by atomic mass is 10.2. The van der Waals surface area contributed by atoms with Gasteiger partial charge in [-0.3, -0.25) is 9.59 Å². The van der Waals surface area contributed by atoms with Gasteiger partial charge >= 0.3 is 0 Å². The summed E-state index contributed by atoms with van der Waals surface area (Å²) < 4.78 is 0. The van der Waals surface area contributed by atoms with Crippen LogP contribution < -0.4 is 22.5 Å². The maximum atomic E-state index is 11.4. The molecule has 2 amide bonds. The highest BCUT2D eigenvalue weighted by Crippen LogP contribution is 2.35. The summed E-state index contributed by atoms with van der Waals surface area (Å²) in [5.41, 5.74) is 16.4. The minimum Gasteiger partial charge on any atom is -0.397 e. The molecule has 0 radical (unpaired) electrons. The number of carbonyl (C=O) groups excluding carboxylic acids is 2. The Labute approximate surface area is 117 Å². The molecule has 2 aromatic heterocycles. The molecule has 2 rings (SSSR count). The van der Waals surface area contributed by atoms with Crippen molar-refractivity contribution in [1.82, 2.24) is 0 Å². The summed E-state index contributed by atoms with van der Waals surface area (Å²) in [6, 6.07) is 3.88. The molecule has 0 saturated heterocycles. The molecule has 0 bridgehead atoms. The monoisotopic (exact) mass is 296 g/mol. The van der Waals surface area contributed by atoms with Crippen LogP contribution in [0.3, 0.4) is 0 Å². The van der Waals surface area contributed by atoms with Crippen molar-refractivity contribution in [2.45, 2.75) is 6.54 Å². The first-order valence-corrected chi connectivity index (χ1v) is 6.98. The predicted octanol–water partition coefficient (Wildman–Crippen LogP) is 1.20. The van der Waals surface area contributed by atoms with Gasteiger partial charge in [-0.05, 0) is 11.4 Å². The van der Waals surface area contributed by atoms with Crippen molar-refractivity contribution in [2.75, 3.05) is 11.1 Å². The smallest absolute Gasteiger partial charge is 0.260 e.